The first-order chi connectivity index (χ1) is 12.8. The summed E-state index contributed by atoms with van der Waals surface area (Å²) in [4.78, 5) is 40.5. The minimum Gasteiger partial charge on any atom is -0.337 e. The molecule has 0 aromatic heterocycles. The van der Waals surface area contributed by atoms with Gasteiger partial charge in [0.15, 0.2) is 0 Å². The first kappa shape index (κ1) is 18.6. The van der Waals surface area contributed by atoms with Gasteiger partial charge in [-0.25, -0.2) is 4.79 Å². The van der Waals surface area contributed by atoms with E-state index in [2.05, 4.69) is 5.32 Å². The van der Waals surface area contributed by atoms with Gasteiger partial charge in [-0.1, -0.05) is 60.7 Å². The van der Waals surface area contributed by atoms with Crippen LogP contribution in [0.2, 0.25) is 0 Å². The van der Waals surface area contributed by atoms with Crippen LogP contribution in [0.5, 0.6) is 0 Å². The molecule has 0 bridgehead atoms. The summed E-state index contributed by atoms with van der Waals surface area (Å²) >= 11 is 0. The topological polar surface area (TPSA) is 69.7 Å². The van der Waals surface area contributed by atoms with E-state index in [1.807, 2.05) is 55.5 Å². The van der Waals surface area contributed by atoms with Crippen molar-refractivity contribution >= 4 is 17.8 Å². The predicted molar refractivity (Wildman–Crippen MR) is 102 cm³/mol. The maximum atomic E-state index is 12.9. The molecule has 6 heteroatoms. The fraction of sp³-hybridized carbons (Fsp3) is 0.286. The lowest BCUT2D eigenvalue weighted by atomic mass is 9.92. The second kappa shape index (κ2) is 7.23. The van der Waals surface area contributed by atoms with Gasteiger partial charge >= 0.3 is 6.03 Å². The fourth-order valence-corrected chi connectivity index (χ4v) is 3.23. The van der Waals surface area contributed by atoms with E-state index in [-0.39, 0.29) is 18.5 Å². The lowest BCUT2D eigenvalue weighted by Gasteiger charge is -2.27. The number of carbonyl (C=O) groups excluding carboxylic acids is 3. The zero-order valence-corrected chi connectivity index (χ0v) is 15.7. The number of amides is 4. The van der Waals surface area contributed by atoms with E-state index in [0.29, 0.717) is 5.56 Å². The zero-order chi connectivity index (χ0) is 19.6. The van der Waals surface area contributed by atoms with Crippen LogP contribution in [-0.4, -0.2) is 41.2 Å². The van der Waals surface area contributed by atoms with E-state index in [4.69, 9.17) is 0 Å². The number of carbonyl (C=O) groups is 3. The third-order valence-corrected chi connectivity index (χ3v) is 5.18. The lowest BCUT2D eigenvalue weighted by Crippen LogP contribution is -2.44. The molecule has 0 spiro atoms. The molecular formula is C21H23N3O3. The fourth-order valence-electron chi connectivity index (χ4n) is 3.23. The Morgan fingerprint density at radius 2 is 1.63 bits per heavy atom. The van der Waals surface area contributed by atoms with E-state index >= 15 is 0 Å². The van der Waals surface area contributed by atoms with Crippen molar-refractivity contribution in [2.75, 3.05) is 13.6 Å². The van der Waals surface area contributed by atoms with Gasteiger partial charge in [0.25, 0.3) is 5.91 Å². The molecule has 1 aliphatic rings. The van der Waals surface area contributed by atoms with Crippen LogP contribution in [0.15, 0.2) is 60.7 Å². The number of likely N-dealkylation sites (N-methyl/N-ethyl adjacent to an activating group) is 1. The molecule has 2 atom stereocenters. The predicted octanol–water partition coefficient (Wildman–Crippen LogP) is 2.67. The maximum absolute atomic E-state index is 12.9. The number of nitrogens with zero attached hydrogens (tertiary/aromatic N) is 2. The van der Waals surface area contributed by atoms with Gasteiger partial charge in [-0.2, -0.15) is 0 Å². The molecule has 140 valence electrons. The molecule has 3 rings (SSSR count). The monoisotopic (exact) mass is 365 g/mol. The molecule has 1 aliphatic heterocycles. The smallest absolute Gasteiger partial charge is 0.325 e. The van der Waals surface area contributed by atoms with Crippen LogP contribution in [0.1, 0.15) is 31.0 Å². The number of benzene rings is 2. The highest BCUT2D eigenvalue weighted by atomic mass is 16.2. The molecule has 2 aromatic carbocycles. The average Bonchev–Trinajstić information content (AvgIpc) is 2.92. The molecule has 1 fully saturated rings. The van der Waals surface area contributed by atoms with E-state index in [0.717, 1.165) is 10.5 Å². The summed E-state index contributed by atoms with van der Waals surface area (Å²) in [5, 5.41) is 2.72. The van der Waals surface area contributed by atoms with Gasteiger partial charge in [-0.3, -0.25) is 14.5 Å². The molecule has 0 aliphatic carbocycles. The number of nitrogens with one attached hydrogen (secondary N) is 1. The minimum absolute atomic E-state index is 0.167. The van der Waals surface area contributed by atoms with Crippen molar-refractivity contribution in [1.29, 1.82) is 0 Å². The molecule has 2 aromatic rings. The highest BCUT2D eigenvalue weighted by molar-refractivity contribution is 6.09. The summed E-state index contributed by atoms with van der Waals surface area (Å²) in [7, 11) is 1.68. The average molecular weight is 365 g/mol. The van der Waals surface area contributed by atoms with Gasteiger partial charge in [-0.15, -0.1) is 0 Å². The molecule has 4 amide bonds. The Morgan fingerprint density at radius 3 is 2.22 bits per heavy atom. The number of hydrogen-bond acceptors (Lipinski definition) is 3. The molecular weight excluding hydrogens is 342 g/mol. The van der Waals surface area contributed by atoms with Crippen LogP contribution in [0.4, 0.5) is 4.79 Å². The van der Waals surface area contributed by atoms with Gasteiger partial charge in [0, 0.05) is 7.05 Å². The second-order valence-electron chi connectivity index (χ2n) is 6.90. The quantitative estimate of drug-likeness (QED) is 0.828. The van der Waals surface area contributed by atoms with Crippen molar-refractivity contribution < 1.29 is 14.4 Å². The van der Waals surface area contributed by atoms with Crippen LogP contribution in [0.3, 0.4) is 0 Å². The zero-order valence-electron chi connectivity index (χ0n) is 15.7. The maximum Gasteiger partial charge on any atom is 0.325 e. The number of urea groups is 1. The van der Waals surface area contributed by atoms with E-state index in [1.54, 1.807) is 31.0 Å². The van der Waals surface area contributed by atoms with E-state index in [9.17, 15) is 14.4 Å². The molecule has 6 nitrogen and oxygen atoms in total. The minimum atomic E-state index is -1.16. The molecule has 0 radical (unpaired) electrons. The van der Waals surface area contributed by atoms with Crippen molar-refractivity contribution in [2.45, 2.75) is 25.4 Å². The molecule has 1 N–H and O–H groups in total. The summed E-state index contributed by atoms with van der Waals surface area (Å²) in [6, 6.07) is 17.9. The van der Waals surface area contributed by atoms with Gasteiger partial charge in [0.1, 0.15) is 12.1 Å². The van der Waals surface area contributed by atoms with Crippen LogP contribution < -0.4 is 5.32 Å². The molecule has 1 heterocycles. The largest absolute Gasteiger partial charge is 0.337 e. The normalized spacial score (nSPS) is 20.3. The standard InChI is InChI=1S/C21H23N3O3/c1-15(16-10-6-4-7-11-16)23(3)18(25)14-24-19(26)21(2,22-20(24)27)17-12-8-5-9-13-17/h4-13,15H,14H2,1-3H3,(H,22,27). The van der Waals surface area contributed by atoms with E-state index < -0.39 is 17.5 Å². The Balaban J connectivity index is 1.74. The number of hydrogen-bond donors (Lipinski definition) is 1. The van der Waals surface area contributed by atoms with Crippen molar-refractivity contribution in [3.63, 3.8) is 0 Å². The highest BCUT2D eigenvalue weighted by Crippen LogP contribution is 2.29. The molecule has 2 unspecified atom stereocenters. The van der Waals surface area contributed by atoms with Crippen molar-refractivity contribution in [1.82, 2.24) is 15.1 Å². The Bertz CT molecular complexity index is 853. The summed E-state index contributed by atoms with van der Waals surface area (Å²) < 4.78 is 0. The number of rotatable bonds is 5. The Labute approximate surface area is 158 Å². The molecule has 27 heavy (non-hydrogen) atoms. The van der Waals surface area contributed by atoms with Gasteiger partial charge in [0.05, 0.1) is 6.04 Å². The molecule has 0 saturated carbocycles. The lowest BCUT2D eigenvalue weighted by molar-refractivity contribution is -0.139. The van der Waals surface area contributed by atoms with Crippen LogP contribution in [0.25, 0.3) is 0 Å². The van der Waals surface area contributed by atoms with Crippen LogP contribution in [-0.2, 0) is 15.1 Å². The Morgan fingerprint density at radius 1 is 1.07 bits per heavy atom. The third kappa shape index (κ3) is 3.43. The van der Waals surface area contributed by atoms with Gasteiger partial charge in [-0.05, 0) is 25.0 Å². The summed E-state index contributed by atoms with van der Waals surface area (Å²) in [6.07, 6.45) is 0. The summed E-state index contributed by atoms with van der Waals surface area (Å²) in [5.41, 5.74) is 0.506. The summed E-state index contributed by atoms with van der Waals surface area (Å²) in [5.74, 6) is -0.722. The first-order valence-electron chi connectivity index (χ1n) is 8.85. The van der Waals surface area contributed by atoms with Crippen molar-refractivity contribution in [3.05, 3.63) is 71.8 Å². The second-order valence-corrected chi connectivity index (χ2v) is 6.90. The number of imide groups is 1. The highest BCUT2D eigenvalue weighted by Gasteiger charge is 2.49. The first-order valence-corrected chi connectivity index (χ1v) is 8.85. The third-order valence-electron chi connectivity index (χ3n) is 5.18. The SMILES string of the molecule is CC(c1ccccc1)N(C)C(=O)CN1C(=O)NC(C)(c2ccccc2)C1=O. The molecule has 1 saturated heterocycles. The van der Waals surface area contributed by atoms with E-state index in [1.165, 1.54) is 0 Å². The van der Waals surface area contributed by atoms with Gasteiger partial charge < -0.3 is 10.2 Å². The Hall–Kier alpha value is -3.15. The van der Waals surface area contributed by atoms with Crippen LogP contribution in [0, 0.1) is 0 Å². The Kier molecular flexibility index (Phi) is 4.99. The van der Waals surface area contributed by atoms with Crippen molar-refractivity contribution in [2.24, 2.45) is 0 Å². The van der Waals surface area contributed by atoms with Crippen LogP contribution >= 0.6 is 0 Å². The summed E-state index contributed by atoms with van der Waals surface area (Å²) in [6.45, 7) is 3.28. The van der Waals surface area contributed by atoms with Gasteiger partial charge in [0.2, 0.25) is 5.91 Å². The van der Waals surface area contributed by atoms with Crippen molar-refractivity contribution in [3.8, 4) is 0 Å².